The van der Waals surface area contributed by atoms with Crippen LogP contribution in [-0.4, -0.2) is 18.6 Å². The monoisotopic (exact) mass is 439 g/mol. The van der Waals surface area contributed by atoms with Gasteiger partial charge in [0.05, 0.1) is 4.90 Å². The zero-order valence-corrected chi connectivity index (χ0v) is 17.4. The van der Waals surface area contributed by atoms with E-state index in [4.69, 9.17) is 16.0 Å². The molecule has 0 aliphatic rings. The zero-order valence-electron chi connectivity index (χ0n) is 15.9. The molecule has 7 nitrogen and oxygen atoms in total. The van der Waals surface area contributed by atoms with Crippen LogP contribution < -0.4 is 10.5 Å². The maximum Gasteiger partial charge on any atom is 0.434 e. The number of rotatable bonds is 6. The molecule has 1 unspecified atom stereocenters. The summed E-state index contributed by atoms with van der Waals surface area (Å²) in [5.74, 6) is -2.26. The summed E-state index contributed by atoms with van der Waals surface area (Å²) >= 11 is 5.83. The van der Waals surface area contributed by atoms with Gasteiger partial charge < -0.3 is 4.42 Å². The van der Waals surface area contributed by atoms with Gasteiger partial charge >= 0.3 is 5.76 Å². The lowest BCUT2D eigenvalue weighted by atomic mass is 9.88. The maximum absolute atomic E-state index is 14.6. The largest absolute Gasteiger partial charge is 0.434 e. The van der Waals surface area contributed by atoms with Crippen molar-refractivity contribution >= 4 is 21.6 Å². The molecule has 3 aromatic rings. The molecule has 10 heteroatoms. The molecular formula is C19H19ClFN3O4S. The standard InChI is InChI=1S/C19H19ClFN3O4S/c1-10-4-9-15(21)16(11(10)2)12(3)17(18-22-23-19(25)28-18)24-29(26,27)14-7-5-13(20)6-8-14/h4-9,12,17,24H,1-3H3,(H,23,25)/t12?,17-/m0/s1. The van der Waals surface area contributed by atoms with E-state index >= 15 is 0 Å². The van der Waals surface area contributed by atoms with Crippen molar-refractivity contribution in [3.63, 3.8) is 0 Å². The smallest absolute Gasteiger partial charge is 0.391 e. The average Bonchev–Trinajstić information content (AvgIpc) is 3.09. The first-order chi connectivity index (χ1) is 13.6. The topological polar surface area (TPSA) is 105 Å². The van der Waals surface area contributed by atoms with E-state index < -0.39 is 33.6 Å². The van der Waals surface area contributed by atoms with Gasteiger partial charge in [0, 0.05) is 10.9 Å². The summed E-state index contributed by atoms with van der Waals surface area (Å²) in [5.41, 5.74) is 1.82. The zero-order chi connectivity index (χ0) is 21.3. The lowest BCUT2D eigenvalue weighted by molar-refractivity contribution is 0.377. The second-order valence-corrected chi connectivity index (χ2v) is 8.85. The number of aromatic nitrogens is 2. The predicted molar refractivity (Wildman–Crippen MR) is 106 cm³/mol. The van der Waals surface area contributed by atoms with Crippen molar-refractivity contribution < 1.29 is 17.2 Å². The molecule has 3 rings (SSSR count). The van der Waals surface area contributed by atoms with Crippen molar-refractivity contribution in [3.05, 3.63) is 80.4 Å². The molecule has 1 aromatic heterocycles. The summed E-state index contributed by atoms with van der Waals surface area (Å²) < 4.78 is 47.9. The molecule has 2 atom stereocenters. The number of nitrogens with one attached hydrogen (secondary N) is 2. The fourth-order valence-electron chi connectivity index (χ4n) is 3.12. The fourth-order valence-corrected chi connectivity index (χ4v) is 4.52. The maximum atomic E-state index is 14.6. The quantitative estimate of drug-likeness (QED) is 0.610. The van der Waals surface area contributed by atoms with Crippen LogP contribution >= 0.6 is 11.6 Å². The Balaban J connectivity index is 2.08. The van der Waals surface area contributed by atoms with Gasteiger partial charge in [0.25, 0.3) is 0 Å². The second-order valence-electron chi connectivity index (χ2n) is 6.70. The third-order valence-corrected chi connectivity index (χ3v) is 6.52. The molecule has 0 saturated carbocycles. The Hall–Kier alpha value is -2.49. The lowest BCUT2D eigenvalue weighted by Gasteiger charge is -2.25. The summed E-state index contributed by atoms with van der Waals surface area (Å²) in [7, 11) is -4.05. The lowest BCUT2D eigenvalue weighted by Crippen LogP contribution is -2.33. The summed E-state index contributed by atoms with van der Waals surface area (Å²) in [6.45, 7) is 5.21. The molecule has 0 saturated heterocycles. The van der Waals surface area contributed by atoms with Gasteiger partial charge in [0.15, 0.2) is 0 Å². The van der Waals surface area contributed by atoms with E-state index in [1.807, 2.05) is 6.92 Å². The Kier molecular flexibility index (Phi) is 5.92. The highest BCUT2D eigenvalue weighted by Crippen LogP contribution is 2.35. The number of aryl methyl sites for hydroxylation is 1. The number of sulfonamides is 1. The third kappa shape index (κ3) is 4.42. The van der Waals surface area contributed by atoms with Gasteiger partial charge in [0.1, 0.15) is 11.9 Å². The normalized spacial score (nSPS) is 14.0. The van der Waals surface area contributed by atoms with E-state index in [-0.39, 0.29) is 10.8 Å². The Morgan fingerprint density at radius 1 is 1.17 bits per heavy atom. The minimum Gasteiger partial charge on any atom is -0.391 e. The average molecular weight is 440 g/mol. The molecule has 1 heterocycles. The van der Waals surface area contributed by atoms with Crippen molar-refractivity contribution in [1.82, 2.24) is 14.9 Å². The number of nitrogens with zero attached hydrogens (tertiary/aromatic N) is 1. The van der Waals surface area contributed by atoms with Crippen molar-refractivity contribution in [2.24, 2.45) is 0 Å². The molecule has 0 fully saturated rings. The molecule has 154 valence electrons. The SMILES string of the molecule is Cc1ccc(F)c(C(C)[C@H](NS(=O)(=O)c2ccc(Cl)cc2)c2n[nH]c(=O)o2)c1C. The van der Waals surface area contributed by atoms with Crippen molar-refractivity contribution in [2.75, 3.05) is 0 Å². The van der Waals surface area contributed by atoms with Crippen LogP contribution in [-0.2, 0) is 10.0 Å². The van der Waals surface area contributed by atoms with Gasteiger partial charge in [-0.05, 0) is 60.9 Å². The number of H-pyrrole nitrogens is 1. The van der Waals surface area contributed by atoms with Crippen LogP contribution in [0.2, 0.25) is 5.02 Å². The number of hydrogen-bond acceptors (Lipinski definition) is 5. The highest BCUT2D eigenvalue weighted by molar-refractivity contribution is 7.89. The van der Waals surface area contributed by atoms with Gasteiger partial charge in [-0.15, -0.1) is 5.10 Å². The van der Waals surface area contributed by atoms with Crippen LogP contribution in [0.4, 0.5) is 4.39 Å². The molecule has 0 bridgehead atoms. The van der Waals surface area contributed by atoms with Crippen molar-refractivity contribution in [3.8, 4) is 0 Å². The summed E-state index contributed by atoms with van der Waals surface area (Å²) in [4.78, 5) is 11.4. The first-order valence-corrected chi connectivity index (χ1v) is 10.5. The first kappa shape index (κ1) is 21.2. The molecule has 29 heavy (non-hydrogen) atoms. The van der Waals surface area contributed by atoms with Crippen LogP contribution in [0.5, 0.6) is 0 Å². The molecule has 0 aliphatic heterocycles. The van der Waals surface area contributed by atoms with Gasteiger partial charge in [-0.1, -0.05) is 24.6 Å². The molecular weight excluding hydrogens is 421 g/mol. The number of halogens is 2. The molecule has 0 amide bonds. The Bertz CT molecular complexity index is 1190. The van der Waals surface area contributed by atoms with E-state index in [1.165, 1.54) is 30.3 Å². The van der Waals surface area contributed by atoms with Gasteiger partial charge in [-0.2, -0.15) is 4.72 Å². The molecule has 0 aliphatic carbocycles. The minimum absolute atomic E-state index is 0.0431. The van der Waals surface area contributed by atoms with E-state index in [2.05, 4.69) is 14.9 Å². The highest BCUT2D eigenvalue weighted by atomic mass is 35.5. The Labute approximate surface area is 172 Å². The molecule has 0 radical (unpaired) electrons. The summed E-state index contributed by atoms with van der Waals surface area (Å²) in [6.07, 6.45) is 0. The number of hydrogen-bond donors (Lipinski definition) is 2. The minimum atomic E-state index is -4.05. The third-order valence-electron chi connectivity index (χ3n) is 4.81. The Morgan fingerprint density at radius 2 is 1.83 bits per heavy atom. The predicted octanol–water partition coefficient (Wildman–Crippen LogP) is 3.60. The number of aromatic amines is 1. The van der Waals surface area contributed by atoms with E-state index in [0.717, 1.165) is 5.56 Å². The summed E-state index contributed by atoms with van der Waals surface area (Å²) in [5, 5.41) is 6.25. The second kappa shape index (κ2) is 8.10. The van der Waals surface area contributed by atoms with Gasteiger partial charge in [-0.25, -0.2) is 22.7 Å². The van der Waals surface area contributed by atoms with E-state index in [9.17, 15) is 17.6 Å². The fraction of sp³-hybridized carbons (Fsp3) is 0.263. The molecule has 2 aromatic carbocycles. The van der Waals surface area contributed by atoms with Crippen molar-refractivity contribution in [2.45, 2.75) is 37.6 Å². The number of benzene rings is 2. The van der Waals surface area contributed by atoms with Crippen LogP contribution in [0.25, 0.3) is 0 Å². The first-order valence-electron chi connectivity index (χ1n) is 8.69. The van der Waals surface area contributed by atoms with Crippen LogP contribution in [0.1, 0.15) is 41.5 Å². The van der Waals surface area contributed by atoms with Gasteiger partial charge in [0.2, 0.25) is 15.9 Å². The summed E-state index contributed by atoms with van der Waals surface area (Å²) in [6, 6.07) is 7.38. The van der Waals surface area contributed by atoms with Crippen LogP contribution in [0.3, 0.4) is 0 Å². The van der Waals surface area contributed by atoms with Crippen molar-refractivity contribution in [1.29, 1.82) is 0 Å². The molecule has 0 spiro atoms. The molecule has 2 N–H and O–H groups in total. The van der Waals surface area contributed by atoms with E-state index in [0.29, 0.717) is 16.1 Å². The highest BCUT2D eigenvalue weighted by Gasteiger charge is 2.33. The van der Waals surface area contributed by atoms with E-state index in [1.54, 1.807) is 19.9 Å². The van der Waals surface area contributed by atoms with Gasteiger partial charge in [-0.3, -0.25) is 0 Å². The Morgan fingerprint density at radius 3 is 2.41 bits per heavy atom. The van der Waals surface area contributed by atoms with Crippen LogP contribution in [0, 0.1) is 19.7 Å². The van der Waals surface area contributed by atoms with Crippen LogP contribution in [0.15, 0.2) is 50.5 Å².